The lowest BCUT2D eigenvalue weighted by Crippen LogP contribution is -2.36. The van der Waals surface area contributed by atoms with Gasteiger partial charge in [0.2, 0.25) is 15.9 Å². The Morgan fingerprint density at radius 2 is 1.86 bits per heavy atom. The summed E-state index contributed by atoms with van der Waals surface area (Å²) in [6, 6.07) is 16.6. The molecule has 0 atom stereocenters. The van der Waals surface area contributed by atoms with Gasteiger partial charge < -0.3 is 5.32 Å². The molecule has 7 heteroatoms. The van der Waals surface area contributed by atoms with Crippen molar-refractivity contribution in [3.8, 4) is 0 Å². The molecule has 3 rings (SSSR count). The lowest BCUT2D eigenvalue weighted by atomic mass is 10.00. The van der Waals surface area contributed by atoms with E-state index in [1.54, 1.807) is 12.1 Å². The third kappa shape index (κ3) is 4.86. The second-order valence-corrected chi connectivity index (χ2v) is 9.10. The average molecular weight is 400 g/mol. The van der Waals surface area contributed by atoms with Crippen LogP contribution in [0.3, 0.4) is 0 Å². The molecule has 0 saturated carbocycles. The molecule has 0 spiro atoms. The van der Waals surface area contributed by atoms with Crippen LogP contribution in [0.5, 0.6) is 0 Å². The van der Waals surface area contributed by atoms with Crippen LogP contribution in [0.25, 0.3) is 5.57 Å². The van der Waals surface area contributed by atoms with Crippen LogP contribution in [-0.4, -0.2) is 57.3 Å². The summed E-state index contributed by atoms with van der Waals surface area (Å²) in [5.74, 6) is -0.157. The summed E-state index contributed by atoms with van der Waals surface area (Å²) in [5, 5.41) is 2.80. The number of nitrogens with one attached hydrogen (secondary N) is 1. The summed E-state index contributed by atoms with van der Waals surface area (Å²) in [6.07, 6.45) is 3.06. The van der Waals surface area contributed by atoms with Crippen molar-refractivity contribution in [2.24, 2.45) is 0 Å². The van der Waals surface area contributed by atoms with Gasteiger partial charge in [0.15, 0.2) is 0 Å². The normalized spacial score (nSPS) is 15.3. The quantitative estimate of drug-likeness (QED) is 0.811. The number of anilines is 1. The maximum absolute atomic E-state index is 12.4. The van der Waals surface area contributed by atoms with E-state index in [0.29, 0.717) is 12.2 Å². The lowest BCUT2D eigenvalue weighted by Gasteiger charge is -2.26. The van der Waals surface area contributed by atoms with Crippen molar-refractivity contribution in [2.75, 3.05) is 39.0 Å². The van der Waals surface area contributed by atoms with Gasteiger partial charge in [-0.3, -0.25) is 9.69 Å². The van der Waals surface area contributed by atoms with Crippen molar-refractivity contribution in [3.63, 3.8) is 0 Å². The number of hydrogen-bond donors (Lipinski definition) is 1. The number of carbonyl (C=O) groups is 1. The van der Waals surface area contributed by atoms with Crippen LogP contribution in [-0.2, 0) is 14.8 Å². The Bertz CT molecular complexity index is 969. The van der Waals surface area contributed by atoms with Gasteiger partial charge in [-0.15, -0.1) is 0 Å². The number of sulfonamides is 1. The zero-order valence-electron chi connectivity index (χ0n) is 16.1. The molecule has 1 heterocycles. The molecule has 1 amide bonds. The number of benzene rings is 2. The molecule has 0 radical (unpaired) electrons. The SMILES string of the molecule is CN(C)S(=O)(=O)c1cccc(NC(=O)CN2CC=C(c3ccccc3)CC2)c1. The highest BCUT2D eigenvalue weighted by Gasteiger charge is 2.19. The van der Waals surface area contributed by atoms with Crippen molar-refractivity contribution in [1.29, 1.82) is 0 Å². The second-order valence-electron chi connectivity index (χ2n) is 6.94. The van der Waals surface area contributed by atoms with E-state index in [4.69, 9.17) is 0 Å². The summed E-state index contributed by atoms with van der Waals surface area (Å²) in [6.45, 7) is 1.79. The number of rotatable bonds is 6. The first-order valence-corrected chi connectivity index (χ1v) is 10.6. The fraction of sp³-hybridized carbons (Fsp3) is 0.286. The molecule has 6 nitrogen and oxygen atoms in total. The van der Waals surface area contributed by atoms with E-state index in [2.05, 4.69) is 28.4 Å². The topological polar surface area (TPSA) is 69.7 Å². The lowest BCUT2D eigenvalue weighted by molar-refractivity contribution is -0.117. The van der Waals surface area contributed by atoms with E-state index in [0.717, 1.165) is 17.3 Å². The van der Waals surface area contributed by atoms with E-state index in [1.807, 2.05) is 18.2 Å². The van der Waals surface area contributed by atoms with Gasteiger partial charge in [0.05, 0.1) is 11.4 Å². The van der Waals surface area contributed by atoms with Crippen LogP contribution in [0.2, 0.25) is 0 Å². The molecule has 0 aromatic heterocycles. The predicted octanol–water partition coefficient (Wildman–Crippen LogP) is 2.66. The van der Waals surface area contributed by atoms with E-state index in [-0.39, 0.29) is 17.3 Å². The zero-order chi connectivity index (χ0) is 20.1. The Morgan fingerprint density at radius 1 is 1.11 bits per heavy atom. The first kappa shape index (κ1) is 20.3. The van der Waals surface area contributed by atoms with Gasteiger partial charge in [-0.05, 0) is 35.8 Å². The van der Waals surface area contributed by atoms with Crippen molar-refractivity contribution in [3.05, 3.63) is 66.2 Å². The molecule has 28 heavy (non-hydrogen) atoms. The highest BCUT2D eigenvalue weighted by molar-refractivity contribution is 7.89. The molecule has 1 aliphatic rings. The van der Waals surface area contributed by atoms with Crippen LogP contribution in [0.4, 0.5) is 5.69 Å². The first-order chi connectivity index (χ1) is 13.4. The molecular formula is C21H25N3O3S. The molecule has 0 bridgehead atoms. The van der Waals surface area contributed by atoms with E-state index in [9.17, 15) is 13.2 Å². The van der Waals surface area contributed by atoms with Crippen LogP contribution in [0.1, 0.15) is 12.0 Å². The van der Waals surface area contributed by atoms with Gasteiger partial charge in [0.1, 0.15) is 0 Å². The third-order valence-corrected chi connectivity index (χ3v) is 6.51. The van der Waals surface area contributed by atoms with Crippen molar-refractivity contribution in [1.82, 2.24) is 9.21 Å². The molecule has 0 unspecified atom stereocenters. The molecule has 0 fully saturated rings. The molecule has 2 aromatic carbocycles. The molecule has 148 valence electrons. The van der Waals surface area contributed by atoms with Gasteiger partial charge in [-0.2, -0.15) is 0 Å². The maximum atomic E-state index is 12.4. The van der Waals surface area contributed by atoms with Crippen molar-refractivity contribution < 1.29 is 13.2 Å². The summed E-state index contributed by atoms with van der Waals surface area (Å²) in [4.78, 5) is 14.6. The van der Waals surface area contributed by atoms with Crippen LogP contribution < -0.4 is 5.32 Å². The highest BCUT2D eigenvalue weighted by Crippen LogP contribution is 2.22. The summed E-state index contributed by atoms with van der Waals surface area (Å²) in [5.41, 5.74) is 3.01. The number of hydrogen-bond acceptors (Lipinski definition) is 4. The van der Waals surface area contributed by atoms with E-state index in [1.165, 1.54) is 37.4 Å². The predicted molar refractivity (Wildman–Crippen MR) is 111 cm³/mol. The molecule has 0 saturated heterocycles. The Kier molecular flexibility index (Phi) is 6.28. The summed E-state index contributed by atoms with van der Waals surface area (Å²) < 4.78 is 25.6. The minimum absolute atomic E-state index is 0.156. The number of carbonyl (C=O) groups excluding carboxylic acids is 1. The Hall–Kier alpha value is -2.48. The van der Waals surface area contributed by atoms with Gasteiger partial charge >= 0.3 is 0 Å². The van der Waals surface area contributed by atoms with Crippen LogP contribution in [0, 0.1) is 0 Å². The minimum atomic E-state index is -3.53. The Morgan fingerprint density at radius 3 is 2.50 bits per heavy atom. The molecule has 1 N–H and O–H groups in total. The van der Waals surface area contributed by atoms with Crippen molar-refractivity contribution >= 4 is 27.2 Å². The van der Waals surface area contributed by atoms with Crippen molar-refractivity contribution in [2.45, 2.75) is 11.3 Å². The second kappa shape index (κ2) is 8.68. The summed E-state index contributed by atoms with van der Waals surface area (Å²) >= 11 is 0. The molecular weight excluding hydrogens is 374 g/mol. The largest absolute Gasteiger partial charge is 0.325 e. The summed E-state index contributed by atoms with van der Waals surface area (Å²) in [7, 11) is -0.570. The number of nitrogens with zero attached hydrogens (tertiary/aromatic N) is 2. The van der Waals surface area contributed by atoms with Crippen LogP contribution >= 0.6 is 0 Å². The smallest absolute Gasteiger partial charge is 0.242 e. The fourth-order valence-electron chi connectivity index (χ4n) is 3.12. The Labute approximate surface area is 166 Å². The standard InChI is InChI=1S/C21H25N3O3S/c1-23(2)28(26,27)20-10-6-9-19(15-20)22-21(25)16-24-13-11-18(12-14-24)17-7-4-3-5-8-17/h3-11,15H,12-14,16H2,1-2H3,(H,22,25). The Balaban J connectivity index is 1.59. The molecule has 1 aliphatic heterocycles. The zero-order valence-corrected chi connectivity index (χ0v) is 16.9. The molecule has 0 aliphatic carbocycles. The van der Waals surface area contributed by atoms with Crippen LogP contribution in [0.15, 0.2) is 65.6 Å². The monoisotopic (exact) mass is 399 g/mol. The minimum Gasteiger partial charge on any atom is -0.325 e. The van der Waals surface area contributed by atoms with Gasteiger partial charge in [0, 0.05) is 32.9 Å². The average Bonchev–Trinajstić information content (AvgIpc) is 2.69. The van der Waals surface area contributed by atoms with E-state index < -0.39 is 10.0 Å². The molecule has 2 aromatic rings. The van der Waals surface area contributed by atoms with Gasteiger partial charge in [-0.1, -0.05) is 42.5 Å². The third-order valence-electron chi connectivity index (χ3n) is 4.70. The van der Waals surface area contributed by atoms with Gasteiger partial charge in [0.25, 0.3) is 0 Å². The van der Waals surface area contributed by atoms with Gasteiger partial charge in [-0.25, -0.2) is 12.7 Å². The fourth-order valence-corrected chi connectivity index (χ4v) is 4.07. The first-order valence-electron chi connectivity index (χ1n) is 9.15. The number of amides is 1. The maximum Gasteiger partial charge on any atom is 0.242 e. The highest BCUT2D eigenvalue weighted by atomic mass is 32.2. The van der Waals surface area contributed by atoms with E-state index >= 15 is 0 Å².